The molecule has 0 radical (unpaired) electrons. The van der Waals surface area contributed by atoms with Crippen molar-refractivity contribution in [3.05, 3.63) is 24.2 Å². The summed E-state index contributed by atoms with van der Waals surface area (Å²) >= 11 is 0. The lowest BCUT2D eigenvalue weighted by Crippen LogP contribution is -2.44. The first-order chi connectivity index (χ1) is 9.56. The molecule has 1 aromatic heterocycles. The summed E-state index contributed by atoms with van der Waals surface area (Å²) in [5.41, 5.74) is 0. The second-order valence-corrected chi connectivity index (χ2v) is 5.53. The van der Waals surface area contributed by atoms with E-state index < -0.39 is 0 Å². The number of likely N-dealkylation sites (tertiary alicyclic amines) is 1. The number of aryl methyl sites for hydroxylation is 1. The van der Waals surface area contributed by atoms with Crippen LogP contribution in [-0.4, -0.2) is 36.3 Å². The summed E-state index contributed by atoms with van der Waals surface area (Å²) < 4.78 is 5.27. The lowest BCUT2D eigenvalue weighted by Gasteiger charge is -2.28. The van der Waals surface area contributed by atoms with Crippen molar-refractivity contribution in [1.82, 2.24) is 10.2 Å². The molecular formula is C15H22N2O3. The van der Waals surface area contributed by atoms with E-state index in [0.717, 1.165) is 25.0 Å². The molecule has 0 aromatic carbocycles. The number of nitrogens with one attached hydrogen (secondary N) is 1. The van der Waals surface area contributed by atoms with E-state index in [1.165, 1.54) is 0 Å². The van der Waals surface area contributed by atoms with Gasteiger partial charge in [0.2, 0.25) is 11.8 Å². The molecule has 1 aliphatic rings. The van der Waals surface area contributed by atoms with Crippen molar-refractivity contribution in [2.75, 3.05) is 13.6 Å². The van der Waals surface area contributed by atoms with E-state index in [1.807, 2.05) is 19.1 Å². The Labute approximate surface area is 119 Å². The lowest BCUT2D eigenvalue weighted by molar-refractivity contribution is -0.139. The summed E-state index contributed by atoms with van der Waals surface area (Å²) in [7, 11) is 1.78. The van der Waals surface area contributed by atoms with Crippen LogP contribution in [0.15, 0.2) is 22.8 Å². The Hall–Kier alpha value is -1.78. The smallest absolute Gasteiger partial charge is 0.223 e. The number of hydrogen-bond donors (Lipinski definition) is 1. The van der Waals surface area contributed by atoms with Gasteiger partial charge in [-0.3, -0.25) is 9.59 Å². The molecule has 2 atom stereocenters. The van der Waals surface area contributed by atoms with Crippen molar-refractivity contribution in [3.63, 3.8) is 0 Å². The highest BCUT2D eigenvalue weighted by atomic mass is 16.3. The van der Waals surface area contributed by atoms with Gasteiger partial charge >= 0.3 is 0 Å². The average molecular weight is 278 g/mol. The third-order valence-electron chi connectivity index (χ3n) is 3.82. The van der Waals surface area contributed by atoms with Crippen molar-refractivity contribution in [2.45, 2.75) is 38.6 Å². The van der Waals surface area contributed by atoms with Crippen LogP contribution in [0.2, 0.25) is 0 Å². The predicted octanol–water partition coefficient (Wildman–Crippen LogP) is 1.59. The first-order valence-corrected chi connectivity index (χ1v) is 7.13. The molecular weight excluding hydrogens is 256 g/mol. The van der Waals surface area contributed by atoms with Crippen molar-refractivity contribution < 1.29 is 14.0 Å². The number of rotatable bonds is 5. The Morgan fingerprint density at radius 3 is 3.05 bits per heavy atom. The Kier molecular flexibility index (Phi) is 4.82. The van der Waals surface area contributed by atoms with Gasteiger partial charge in [-0.15, -0.1) is 0 Å². The van der Waals surface area contributed by atoms with Crippen LogP contribution < -0.4 is 5.32 Å². The Bertz CT molecular complexity index is 456. The van der Waals surface area contributed by atoms with Crippen LogP contribution >= 0.6 is 0 Å². The van der Waals surface area contributed by atoms with E-state index in [4.69, 9.17) is 4.42 Å². The van der Waals surface area contributed by atoms with Gasteiger partial charge in [0, 0.05) is 38.4 Å². The molecule has 0 bridgehead atoms. The molecule has 0 aliphatic carbocycles. The molecule has 0 spiro atoms. The Balaban J connectivity index is 1.74. The minimum absolute atomic E-state index is 0.00149. The number of hydrogen-bond acceptors (Lipinski definition) is 3. The molecule has 1 saturated heterocycles. The van der Waals surface area contributed by atoms with Gasteiger partial charge in [-0.2, -0.15) is 0 Å². The van der Waals surface area contributed by atoms with Crippen LogP contribution in [0.3, 0.4) is 0 Å². The second-order valence-electron chi connectivity index (χ2n) is 5.53. The molecule has 2 heterocycles. The second kappa shape index (κ2) is 6.59. The van der Waals surface area contributed by atoms with Crippen LogP contribution in [0.4, 0.5) is 0 Å². The molecule has 2 rings (SSSR count). The summed E-state index contributed by atoms with van der Waals surface area (Å²) in [6, 6.07) is 3.88. The number of piperidine rings is 1. The molecule has 1 aliphatic heterocycles. The fraction of sp³-hybridized carbons (Fsp3) is 0.600. The number of carbonyl (C=O) groups is 2. The molecule has 5 heteroatoms. The molecule has 1 fully saturated rings. The van der Waals surface area contributed by atoms with Gasteiger partial charge in [0.25, 0.3) is 0 Å². The fourth-order valence-corrected chi connectivity index (χ4v) is 2.41. The van der Waals surface area contributed by atoms with E-state index in [1.54, 1.807) is 18.2 Å². The van der Waals surface area contributed by atoms with E-state index in [2.05, 4.69) is 5.32 Å². The molecule has 1 aromatic rings. The van der Waals surface area contributed by atoms with Gasteiger partial charge < -0.3 is 14.6 Å². The van der Waals surface area contributed by atoms with Crippen molar-refractivity contribution in [1.29, 1.82) is 0 Å². The maximum atomic E-state index is 12.1. The highest BCUT2D eigenvalue weighted by molar-refractivity contribution is 5.86. The molecule has 2 amide bonds. The van der Waals surface area contributed by atoms with Gasteiger partial charge in [0.1, 0.15) is 5.76 Å². The monoisotopic (exact) mass is 278 g/mol. The normalized spacial score (nSPS) is 20.8. The van der Waals surface area contributed by atoms with Crippen LogP contribution in [-0.2, 0) is 16.0 Å². The van der Waals surface area contributed by atoms with Crippen LogP contribution in [0, 0.1) is 5.92 Å². The van der Waals surface area contributed by atoms with Crippen LogP contribution in [0.25, 0.3) is 0 Å². The van der Waals surface area contributed by atoms with Gasteiger partial charge in [-0.05, 0) is 31.9 Å². The maximum Gasteiger partial charge on any atom is 0.223 e. The molecule has 20 heavy (non-hydrogen) atoms. The summed E-state index contributed by atoms with van der Waals surface area (Å²) in [5, 5.41) is 3.00. The fourth-order valence-electron chi connectivity index (χ4n) is 2.41. The highest BCUT2D eigenvalue weighted by Crippen LogP contribution is 2.17. The average Bonchev–Trinajstić information content (AvgIpc) is 2.92. The summed E-state index contributed by atoms with van der Waals surface area (Å²) in [5.74, 6) is 0.809. The lowest BCUT2D eigenvalue weighted by atomic mass is 9.95. The zero-order valence-corrected chi connectivity index (χ0v) is 12.1. The number of nitrogens with zero attached hydrogens (tertiary/aromatic N) is 1. The van der Waals surface area contributed by atoms with Gasteiger partial charge in [0.05, 0.1) is 6.26 Å². The standard InChI is InChI=1S/C15H22N2O3/c1-11(5-6-13-4-3-9-20-13)16-15(19)12-7-8-17(2)14(18)10-12/h3-4,9,11-12H,5-8,10H2,1-2H3,(H,16,19)/t11-,12+/m0/s1. The third-order valence-corrected chi connectivity index (χ3v) is 3.82. The summed E-state index contributed by atoms with van der Waals surface area (Å²) in [4.78, 5) is 25.4. The SMILES string of the molecule is C[C@@H](CCc1ccco1)NC(=O)[C@@H]1CCN(C)C(=O)C1. The van der Waals surface area contributed by atoms with Gasteiger partial charge in [-0.1, -0.05) is 0 Å². The first-order valence-electron chi connectivity index (χ1n) is 7.13. The predicted molar refractivity (Wildman–Crippen MR) is 75.0 cm³/mol. The van der Waals surface area contributed by atoms with E-state index in [9.17, 15) is 9.59 Å². The molecule has 110 valence electrons. The van der Waals surface area contributed by atoms with Gasteiger partial charge in [0.15, 0.2) is 0 Å². The topological polar surface area (TPSA) is 62.6 Å². The van der Waals surface area contributed by atoms with Crippen LogP contribution in [0.1, 0.15) is 31.9 Å². The number of furan rings is 1. The number of amides is 2. The van der Waals surface area contributed by atoms with E-state index >= 15 is 0 Å². The zero-order valence-electron chi connectivity index (χ0n) is 12.1. The van der Waals surface area contributed by atoms with E-state index in [0.29, 0.717) is 13.0 Å². The largest absolute Gasteiger partial charge is 0.469 e. The van der Waals surface area contributed by atoms with E-state index in [-0.39, 0.29) is 23.8 Å². The first kappa shape index (κ1) is 14.6. The summed E-state index contributed by atoms with van der Waals surface area (Å²) in [6.45, 7) is 2.65. The minimum Gasteiger partial charge on any atom is -0.469 e. The van der Waals surface area contributed by atoms with Crippen LogP contribution in [0.5, 0.6) is 0 Å². The quantitative estimate of drug-likeness (QED) is 0.889. The molecule has 0 saturated carbocycles. The Morgan fingerprint density at radius 2 is 2.40 bits per heavy atom. The van der Waals surface area contributed by atoms with Gasteiger partial charge in [-0.25, -0.2) is 0 Å². The Morgan fingerprint density at radius 1 is 1.60 bits per heavy atom. The maximum absolute atomic E-state index is 12.1. The molecule has 5 nitrogen and oxygen atoms in total. The van der Waals surface area contributed by atoms with Crippen molar-refractivity contribution >= 4 is 11.8 Å². The zero-order chi connectivity index (χ0) is 14.5. The van der Waals surface area contributed by atoms with Crippen molar-refractivity contribution in [2.24, 2.45) is 5.92 Å². The molecule has 0 unspecified atom stereocenters. The summed E-state index contributed by atoms with van der Waals surface area (Å²) in [6.07, 6.45) is 4.37. The highest BCUT2D eigenvalue weighted by Gasteiger charge is 2.29. The van der Waals surface area contributed by atoms with Crippen molar-refractivity contribution in [3.8, 4) is 0 Å². The number of carbonyl (C=O) groups excluding carboxylic acids is 2. The molecule has 1 N–H and O–H groups in total. The third kappa shape index (κ3) is 3.85. The minimum atomic E-state index is -0.176.